The molecule has 3 rings (SSSR count). The Morgan fingerprint density at radius 2 is 1.79 bits per heavy atom. The Balaban J connectivity index is 1.82. The number of nitrogens with zero attached hydrogens (tertiary/aromatic N) is 1. The van der Waals surface area contributed by atoms with Crippen LogP contribution in [-0.4, -0.2) is 21.2 Å². The molecule has 2 aromatic carbocycles. The second-order valence-electron chi connectivity index (χ2n) is 5.63. The lowest BCUT2D eigenvalue weighted by Gasteiger charge is -2.18. The van der Waals surface area contributed by atoms with Gasteiger partial charge >= 0.3 is 0 Å². The summed E-state index contributed by atoms with van der Waals surface area (Å²) < 4.78 is 6.44. The molecule has 0 unspecified atom stereocenters. The fourth-order valence-electron chi connectivity index (χ4n) is 2.37. The smallest absolute Gasteiger partial charge is 0.266 e. The van der Waals surface area contributed by atoms with Crippen molar-refractivity contribution in [2.24, 2.45) is 0 Å². The van der Waals surface area contributed by atoms with E-state index in [4.69, 9.17) is 17.0 Å². The fourth-order valence-corrected chi connectivity index (χ4v) is 3.89. The van der Waals surface area contributed by atoms with E-state index in [0.29, 0.717) is 9.23 Å². The Hall–Kier alpha value is -2.11. The third-order valence-corrected chi connectivity index (χ3v) is 4.81. The van der Waals surface area contributed by atoms with Crippen LogP contribution < -0.4 is 4.74 Å². The minimum absolute atomic E-state index is 0.0330. The Morgan fingerprint density at radius 1 is 1.08 bits per heavy atom. The molecule has 24 heavy (non-hydrogen) atoms. The molecular weight excluding hydrogens is 338 g/mol. The topological polar surface area (TPSA) is 29.5 Å². The molecule has 0 saturated carbocycles. The van der Waals surface area contributed by atoms with Crippen molar-refractivity contribution in [2.45, 2.75) is 19.9 Å². The van der Waals surface area contributed by atoms with Gasteiger partial charge in [-0.2, -0.15) is 0 Å². The molecule has 0 bridgehead atoms. The molecule has 122 valence electrons. The van der Waals surface area contributed by atoms with Gasteiger partial charge in [-0.25, -0.2) is 0 Å². The van der Waals surface area contributed by atoms with Crippen molar-refractivity contribution in [2.75, 3.05) is 0 Å². The molecule has 0 N–H and O–H groups in total. The van der Waals surface area contributed by atoms with Gasteiger partial charge in [0.15, 0.2) is 0 Å². The van der Waals surface area contributed by atoms with Crippen LogP contribution in [-0.2, 0) is 4.79 Å². The second kappa shape index (κ2) is 7.20. The number of carbonyl (C=O) groups is 1. The number of thiocarbonyl (C=S) groups is 1. The molecule has 1 fully saturated rings. The van der Waals surface area contributed by atoms with E-state index in [0.717, 1.165) is 17.1 Å². The summed E-state index contributed by atoms with van der Waals surface area (Å²) in [6.07, 6.45) is 1.86. The van der Waals surface area contributed by atoms with Gasteiger partial charge in [0.2, 0.25) is 0 Å². The van der Waals surface area contributed by atoms with Crippen molar-refractivity contribution < 1.29 is 9.53 Å². The summed E-state index contributed by atoms with van der Waals surface area (Å²) in [4.78, 5) is 14.7. The molecule has 1 amide bonds. The monoisotopic (exact) mass is 355 g/mol. The first-order chi connectivity index (χ1) is 11.5. The molecule has 2 aromatic rings. The minimum atomic E-state index is -0.0330. The van der Waals surface area contributed by atoms with Gasteiger partial charge in [0.1, 0.15) is 15.8 Å². The van der Waals surface area contributed by atoms with Crippen molar-refractivity contribution in [3.8, 4) is 11.5 Å². The Labute approximate surface area is 151 Å². The molecule has 1 aliphatic heterocycles. The maximum atomic E-state index is 12.5. The van der Waals surface area contributed by atoms with Crippen LogP contribution in [0.4, 0.5) is 0 Å². The molecule has 1 aliphatic rings. The van der Waals surface area contributed by atoms with Gasteiger partial charge in [0.05, 0.1) is 4.91 Å². The van der Waals surface area contributed by atoms with E-state index in [1.54, 1.807) is 4.90 Å². The second-order valence-corrected chi connectivity index (χ2v) is 7.31. The standard InChI is InChI=1S/C19H17NO2S2/c1-13(2)20-18(21)17(24-19(20)23)12-14-7-6-10-16(11-14)22-15-8-4-3-5-9-15/h3-13H,1-2H3. The number of rotatable bonds is 4. The zero-order valence-corrected chi connectivity index (χ0v) is 15.1. The summed E-state index contributed by atoms with van der Waals surface area (Å²) >= 11 is 6.65. The average molecular weight is 355 g/mol. The van der Waals surface area contributed by atoms with Gasteiger partial charge in [0, 0.05) is 6.04 Å². The number of carbonyl (C=O) groups excluding carboxylic acids is 1. The summed E-state index contributed by atoms with van der Waals surface area (Å²) in [5.74, 6) is 1.48. The molecule has 0 atom stereocenters. The minimum Gasteiger partial charge on any atom is -0.457 e. The summed E-state index contributed by atoms with van der Waals surface area (Å²) in [5, 5.41) is 0. The number of para-hydroxylation sites is 1. The van der Waals surface area contributed by atoms with Gasteiger partial charge in [-0.05, 0) is 49.8 Å². The zero-order valence-electron chi connectivity index (χ0n) is 13.4. The van der Waals surface area contributed by atoms with Crippen LogP contribution in [0.25, 0.3) is 6.08 Å². The summed E-state index contributed by atoms with van der Waals surface area (Å²) in [6, 6.07) is 17.3. The molecular formula is C19H17NO2S2. The third-order valence-electron chi connectivity index (χ3n) is 3.47. The van der Waals surface area contributed by atoms with E-state index in [9.17, 15) is 4.79 Å². The largest absolute Gasteiger partial charge is 0.457 e. The Bertz CT molecular complexity index is 800. The quantitative estimate of drug-likeness (QED) is 0.564. The zero-order chi connectivity index (χ0) is 17.1. The van der Waals surface area contributed by atoms with Crippen LogP contribution in [0.3, 0.4) is 0 Å². The van der Waals surface area contributed by atoms with Crippen LogP contribution in [0, 0.1) is 0 Å². The van der Waals surface area contributed by atoms with Crippen LogP contribution >= 0.6 is 24.0 Å². The lowest BCUT2D eigenvalue weighted by atomic mass is 10.2. The first kappa shape index (κ1) is 16.7. The van der Waals surface area contributed by atoms with Crippen molar-refractivity contribution in [3.05, 3.63) is 65.1 Å². The maximum absolute atomic E-state index is 12.5. The fraction of sp³-hybridized carbons (Fsp3) is 0.158. The molecule has 5 heteroatoms. The maximum Gasteiger partial charge on any atom is 0.266 e. The normalized spacial score (nSPS) is 16.3. The molecule has 0 radical (unpaired) electrons. The Morgan fingerprint density at radius 3 is 2.46 bits per heavy atom. The number of thioether (sulfide) groups is 1. The van der Waals surface area contributed by atoms with Gasteiger partial charge in [-0.15, -0.1) is 0 Å². The van der Waals surface area contributed by atoms with Crippen LogP contribution in [0.5, 0.6) is 11.5 Å². The van der Waals surface area contributed by atoms with E-state index in [-0.39, 0.29) is 11.9 Å². The van der Waals surface area contributed by atoms with Gasteiger partial charge < -0.3 is 4.74 Å². The van der Waals surface area contributed by atoms with Crippen molar-refractivity contribution in [1.29, 1.82) is 0 Å². The molecule has 0 aliphatic carbocycles. The summed E-state index contributed by atoms with van der Waals surface area (Å²) in [5.41, 5.74) is 0.910. The number of benzene rings is 2. The summed E-state index contributed by atoms with van der Waals surface area (Å²) in [6.45, 7) is 3.92. The lowest BCUT2D eigenvalue weighted by molar-refractivity contribution is -0.123. The Kier molecular flexibility index (Phi) is 5.02. The van der Waals surface area contributed by atoms with Crippen LogP contribution in [0.1, 0.15) is 19.4 Å². The number of hydrogen-bond donors (Lipinski definition) is 0. The van der Waals surface area contributed by atoms with Crippen molar-refractivity contribution in [1.82, 2.24) is 4.90 Å². The highest BCUT2D eigenvalue weighted by Gasteiger charge is 2.33. The first-order valence-corrected chi connectivity index (χ1v) is 8.87. The van der Waals surface area contributed by atoms with Gasteiger partial charge in [-0.1, -0.05) is 54.3 Å². The van der Waals surface area contributed by atoms with E-state index >= 15 is 0 Å². The van der Waals surface area contributed by atoms with E-state index in [2.05, 4.69) is 0 Å². The number of amides is 1. The van der Waals surface area contributed by atoms with E-state index < -0.39 is 0 Å². The molecule has 3 nitrogen and oxygen atoms in total. The SMILES string of the molecule is CC(C)N1C(=O)C(=Cc2cccc(Oc3ccccc3)c2)SC1=S. The highest BCUT2D eigenvalue weighted by Crippen LogP contribution is 2.34. The van der Waals surface area contributed by atoms with Gasteiger partial charge in [0.25, 0.3) is 5.91 Å². The van der Waals surface area contributed by atoms with Crippen LogP contribution in [0.15, 0.2) is 59.5 Å². The molecule has 0 aromatic heterocycles. The molecule has 0 spiro atoms. The highest BCUT2D eigenvalue weighted by molar-refractivity contribution is 8.26. The first-order valence-electron chi connectivity index (χ1n) is 7.64. The third kappa shape index (κ3) is 3.68. The van der Waals surface area contributed by atoms with Crippen molar-refractivity contribution in [3.63, 3.8) is 0 Å². The molecule has 1 heterocycles. The molecule has 1 saturated heterocycles. The number of ether oxygens (including phenoxy) is 1. The number of hydrogen-bond acceptors (Lipinski definition) is 4. The average Bonchev–Trinajstić information content (AvgIpc) is 2.82. The predicted molar refractivity (Wildman–Crippen MR) is 103 cm³/mol. The van der Waals surface area contributed by atoms with Crippen molar-refractivity contribution >= 4 is 40.3 Å². The summed E-state index contributed by atoms with van der Waals surface area (Å²) in [7, 11) is 0. The van der Waals surface area contributed by atoms with E-state index in [1.165, 1.54) is 11.8 Å². The van der Waals surface area contributed by atoms with Crippen LogP contribution in [0.2, 0.25) is 0 Å². The lowest BCUT2D eigenvalue weighted by Crippen LogP contribution is -2.34. The predicted octanol–water partition coefficient (Wildman–Crippen LogP) is 5.09. The highest BCUT2D eigenvalue weighted by atomic mass is 32.2. The van der Waals surface area contributed by atoms with E-state index in [1.807, 2.05) is 74.5 Å². The van der Waals surface area contributed by atoms with Gasteiger partial charge in [-0.3, -0.25) is 9.69 Å².